The van der Waals surface area contributed by atoms with Crippen LogP contribution in [0.5, 0.6) is 0 Å². The van der Waals surface area contributed by atoms with E-state index in [1.54, 1.807) is 12.4 Å². The van der Waals surface area contributed by atoms with Crippen molar-refractivity contribution in [2.24, 2.45) is 0 Å². The number of nitriles is 1. The average molecular weight is 463 g/mol. The number of thiophene rings is 1. The van der Waals surface area contributed by atoms with Crippen molar-refractivity contribution in [3.63, 3.8) is 0 Å². The number of pyridine rings is 2. The molecule has 34 heavy (non-hydrogen) atoms. The smallest absolute Gasteiger partial charge is 0.126 e. The number of fused-ring (bicyclic) bond motifs is 2. The molecule has 1 aromatic carbocycles. The Labute approximate surface area is 201 Å². The van der Waals surface area contributed by atoms with E-state index in [1.807, 2.05) is 44.7 Å². The molecule has 0 spiro atoms. The van der Waals surface area contributed by atoms with Gasteiger partial charge in [0.05, 0.1) is 16.1 Å². The van der Waals surface area contributed by atoms with Gasteiger partial charge >= 0.3 is 0 Å². The Balaban J connectivity index is 1.52. The minimum Gasteiger partial charge on any atom is -0.361 e. The molecule has 0 saturated heterocycles. The molecule has 0 bridgehead atoms. The molecule has 0 aliphatic heterocycles. The summed E-state index contributed by atoms with van der Waals surface area (Å²) in [5.41, 5.74) is 6.40. The Hall–Kier alpha value is -4.17. The molecule has 0 fully saturated rings. The number of H-pyrrole nitrogens is 1. The number of rotatable bonds is 4. The lowest BCUT2D eigenvalue weighted by atomic mass is 10.1. The fourth-order valence-corrected chi connectivity index (χ4v) is 4.83. The Kier molecular flexibility index (Phi) is 5.73. The van der Waals surface area contributed by atoms with Crippen molar-refractivity contribution in [3.8, 4) is 17.9 Å². The fraction of sp³-hybridized carbons (Fsp3) is 0.148. The van der Waals surface area contributed by atoms with Crippen molar-refractivity contribution < 1.29 is 0 Å². The molecule has 0 atom stereocenters. The van der Waals surface area contributed by atoms with Crippen LogP contribution < -0.4 is 5.32 Å². The van der Waals surface area contributed by atoms with Crippen LogP contribution in [-0.4, -0.2) is 33.9 Å². The van der Waals surface area contributed by atoms with Crippen LogP contribution in [0.3, 0.4) is 0 Å². The minimum absolute atomic E-state index is 0.499. The minimum atomic E-state index is 0.499. The molecule has 4 aromatic heterocycles. The van der Waals surface area contributed by atoms with Gasteiger partial charge in [-0.2, -0.15) is 5.26 Å². The van der Waals surface area contributed by atoms with E-state index >= 15 is 0 Å². The van der Waals surface area contributed by atoms with Gasteiger partial charge in [0.1, 0.15) is 10.9 Å². The van der Waals surface area contributed by atoms with Crippen LogP contribution in [0.2, 0.25) is 0 Å². The maximum atomic E-state index is 9.74. The lowest BCUT2D eigenvalue weighted by Gasteiger charge is -2.12. The van der Waals surface area contributed by atoms with Crippen LogP contribution in [0.15, 0.2) is 55.1 Å². The Bertz CT molecular complexity index is 1620. The number of hydrogen-bond acceptors (Lipinski definition) is 6. The Morgan fingerprint density at radius 3 is 2.79 bits per heavy atom. The number of anilines is 2. The standard InChI is InChI=1S/C27H22N6S/c1-17-22-8-9-30-25(22)7-6-24(17)32-26-20(12-28)15-31-27-23(26)11-21(34-27)5-4-18-10-19(14-29-13-18)16-33(2)3/h6-11,13-15,30H,16H2,1-3H3,(H,31,32). The molecule has 0 radical (unpaired) electrons. The van der Waals surface area contributed by atoms with E-state index in [-0.39, 0.29) is 0 Å². The third kappa shape index (κ3) is 4.23. The lowest BCUT2D eigenvalue weighted by molar-refractivity contribution is 0.402. The van der Waals surface area contributed by atoms with Crippen LogP contribution >= 0.6 is 11.3 Å². The van der Waals surface area contributed by atoms with Crippen molar-refractivity contribution in [1.29, 1.82) is 5.26 Å². The van der Waals surface area contributed by atoms with Crippen LogP contribution in [0.4, 0.5) is 11.4 Å². The maximum Gasteiger partial charge on any atom is 0.126 e. The molecular formula is C27H22N6S. The first-order valence-electron chi connectivity index (χ1n) is 10.8. The number of aromatic nitrogens is 3. The molecule has 5 rings (SSSR count). The lowest BCUT2D eigenvalue weighted by Crippen LogP contribution is -2.10. The largest absolute Gasteiger partial charge is 0.361 e. The summed E-state index contributed by atoms with van der Waals surface area (Å²) in [5.74, 6) is 6.47. The van der Waals surface area contributed by atoms with Gasteiger partial charge in [-0.25, -0.2) is 4.98 Å². The highest BCUT2D eigenvalue weighted by atomic mass is 32.1. The zero-order valence-corrected chi connectivity index (χ0v) is 19.9. The zero-order chi connectivity index (χ0) is 23.7. The summed E-state index contributed by atoms with van der Waals surface area (Å²) < 4.78 is 0. The van der Waals surface area contributed by atoms with Crippen molar-refractivity contribution in [3.05, 3.63) is 82.3 Å². The van der Waals surface area contributed by atoms with E-state index in [2.05, 4.69) is 62.1 Å². The average Bonchev–Trinajstić information content (AvgIpc) is 3.47. The zero-order valence-electron chi connectivity index (χ0n) is 19.1. The first kappa shape index (κ1) is 21.7. The molecule has 166 valence electrons. The van der Waals surface area contributed by atoms with Gasteiger partial charge in [0.2, 0.25) is 0 Å². The van der Waals surface area contributed by atoms with Gasteiger partial charge in [-0.05, 0) is 62.5 Å². The SMILES string of the molecule is Cc1c(Nc2c(C#N)cnc3sc(C#Cc4cncc(CN(C)C)c4)cc23)ccc2[nH]ccc12. The van der Waals surface area contributed by atoms with E-state index in [0.29, 0.717) is 5.56 Å². The Morgan fingerprint density at radius 2 is 1.97 bits per heavy atom. The molecule has 6 nitrogen and oxygen atoms in total. The highest BCUT2D eigenvalue weighted by Gasteiger charge is 2.14. The third-order valence-electron chi connectivity index (χ3n) is 5.57. The number of benzene rings is 1. The van der Waals surface area contributed by atoms with E-state index in [0.717, 1.165) is 60.6 Å². The number of aromatic amines is 1. The van der Waals surface area contributed by atoms with Crippen LogP contribution in [0.25, 0.3) is 21.1 Å². The van der Waals surface area contributed by atoms with Crippen molar-refractivity contribution >= 4 is 43.8 Å². The van der Waals surface area contributed by atoms with E-state index < -0.39 is 0 Å². The summed E-state index contributed by atoms with van der Waals surface area (Å²) in [6.45, 7) is 2.89. The summed E-state index contributed by atoms with van der Waals surface area (Å²) in [6.07, 6.45) is 7.20. The van der Waals surface area contributed by atoms with Crippen molar-refractivity contribution in [1.82, 2.24) is 19.9 Å². The molecule has 4 heterocycles. The van der Waals surface area contributed by atoms with Gasteiger partial charge in [-0.1, -0.05) is 11.8 Å². The van der Waals surface area contributed by atoms with Gasteiger partial charge in [-0.15, -0.1) is 11.3 Å². The van der Waals surface area contributed by atoms with E-state index in [9.17, 15) is 5.26 Å². The normalized spacial score (nSPS) is 10.9. The van der Waals surface area contributed by atoms with E-state index in [4.69, 9.17) is 0 Å². The summed E-state index contributed by atoms with van der Waals surface area (Å²) in [5, 5.41) is 15.3. The predicted octanol–water partition coefficient (Wildman–Crippen LogP) is 5.56. The van der Waals surface area contributed by atoms with Crippen molar-refractivity contribution in [2.75, 3.05) is 19.4 Å². The summed E-state index contributed by atoms with van der Waals surface area (Å²) in [4.78, 5) is 15.9. The molecule has 5 aromatic rings. The van der Waals surface area contributed by atoms with Crippen LogP contribution in [0, 0.1) is 30.1 Å². The van der Waals surface area contributed by atoms with Crippen LogP contribution in [0.1, 0.15) is 27.1 Å². The molecule has 2 N–H and O–H groups in total. The van der Waals surface area contributed by atoms with Crippen LogP contribution in [-0.2, 0) is 6.54 Å². The number of hydrogen-bond donors (Lipinski definition) is 2. The highest BCUT2D eigenvalue weighted by Crippen LogP contribution is 2.35. The molecule has 0 aliphatic rings. The third-order valence-corrected chi connectivity index (χ3v) is 6.53. The summed E-state index contributed by atoms with van der Waals surface area (Å²) in [6, 6.07) is 12.5. The second-order valence-electron chi connectivity index (χ2n) is 8.36. The first-order valence-corrected chi connectivity index (χ1v) is 11.6. The second-order valence-corrected chi connectivity index (χ2v) is 9.39. The highest BCUT2D eigenvalue weighted by molar-refractivity contribution is 7.19. The molecule has 0 saturated carbocycles. The second kappa shape index (κ2) is 8.99. The number of nitrogens with zero attached hydrogens (tertiary/aromatic N) is 4. The van der Waals surface area contributed by atoms with Gasteiger partial charge in [-0.3, -0.25) is 4.98 Å². The number of aryl methyl sites for hydroxylation is 1. The van der Waals surface area contributed by atoms with Gasteiger partial charge in [0.25, 0.3) is 0 Å². The molecule has 0 unspecified atom stereocenters. The van der Waals surface area contributed by atoms with E-state index in [1.165, 1.54) is 11.3 Å². The predicted molar refractivity (Wildman–Crippen MR) is 138 cm³/mol. The van der Waals surface area contributed by atoms with Gasteiger partial charge in [0.15, 0.2) is 0 Å². The number of nitrogens with one attached hydrogen (secondary N) is 2. The quantitative estimate of drug-likeness (QED) is 0.342. The summed E-state index contributed by atoms with van der Waals surface area (Å²) in [7, 11) is 4.06. The first-order chi connectivity index (χ1) is 16.5. The van der Waals surface area contributed by atoms with Crippen molar-refractivity contribution in [2.45, 2.75) is 13.5 Å². The summed E-state index contributed by atoms with van der Waals surface area (Å²) >= 11 is 1.52. The molecule has 0 amide bonds. The maximum absolute atomic E-state index is 9.74. The molecule has 7 heteroatoms. The van der Waals surface area contributed by atoms with Gasteiger partial charge < -0.3 is 15.2 Å². The monoisotopic (exact) mass is 462 g/mol. The fourth-order valence-electron chi connectivity index (χ4n) is 3.97. The molecule has 0 aliphatic carbocycles. The Morgan fingerprint density at radius 1 is 1.09 bits per heavy atom. The molecular weight excluding hydrogens is 440 g/mol. The van der Waals surface area contributed by atoms with Gasteiger partial charge in [0, 0.05) is 58.9 Å². The topological polar surface area (TPSA) is 80.6 Å².